The minimum Gasteiger partial charge on any atom is -0.412 e. The summed E-state index contributed by atoms with van der Waals surface area (Å²) in [6.07, 6.45) is 0. The van der Waals surface area contributed by atoms with E-state index in [0.717, 1.165) is 0 Å². The third kappa shape index (κ3) is 377. The van der Waals surface area contributed by atoms with Crippen LogP contribution in [0, 0.1) is 10.1 Å². The molecular weight excluding hydrogens is 260 g/mol. The van der Waals surface area contributed by atoms with Gasteiger partial charge in [0.05, 0.1) is 0 Å². The Bertz CT molecular complexity index is 167. The van der Waals surface area contributed by atoms with E-state index in [1.165, 1.54) is 0 Å². The number of nitrogens with zero attached hydrogens (tertiary/aromatic N) is 1. The summed E-state index contributed by atoms with van der Waals surface area (Å²) >= 11 is 0. The molecule has 0 atom stereocenters. The van der Waals surface area contributed by atoms with E-state index in [9.17, 15) is 0 Å². The molecule has 13 heteroatoms. The monoisotopic (exact) mass is 265 g/mol. The molecule has 0 heterocycles. The third-order valence-corrected chi connectivity index (χ3v) is 0. The molecule has 9 nitrogen and oxygen atoms in total. The van der Waals surface area contributed by atoms with Gasteiger partial charge in [-0.05, 0) is 0 Å². The summed E-state index contributed by atoms with van der Waals surface area (Å²) in [7, 11) is -4.67. The van der Waals surface area contributed by atoms with Crippen molar-refractivity contribution >= 4 is 33.5 Å². The Morgan fingerprint density at radius 3 is 1.23 bits per heavy atom. The molecule has 0 rings (SSSR count). The molecule has 0 saturated carbocycles. The van der Waals surface area contributed by atoms with Gasteiger partial charge < -0.3 is 10.7 Å². The van der Waals surface area contributed by atoms with E-state index in [1.807, 2.05) is 0 Å². The van der Waals surface area contributed by atoms with E-state index in [1.54, 1.807) is 0 Å². The summed E-state index contributed by atoms with van der Waals surface area (Å²) in [4.78, 5) is 8.36. The average molecular weight is 265 g/mol. The molecule has 0 aliphatic carbocycles. The molecule has 0 saturated heterocycles. The van der Waals surface area contributed by atoms with E-state index in [-0.39, 0.29) is 109 Å². The van der Waals surface area contributed by atoms with Gasteiger partial charge in [-0.15, -0.1) is 10.1 Å². The largest absolute Gasteiger partial charge is 2.00 e. The van der Waals surface area contributed by atoms with Gasteiger partial charge >= 0.3 is 114 Å². The molecule has 0 aromatic heterocycles. The zero-order valence-electron chi connectivity index (χ0n) is 7.04. The van der Waals surface area contributed by atoms with Gasteiger partial charge in [-0.2, -0.15) is 8.42 Å². The van der Waals surface area contributed by atoms with Crippen molar-refractivity contribution in [1.29, 1.82) is 0 Å². The molecule has 0 fully saturated rings. The molecule has 0 radical (unpaired) electrons. The van der Waals surface area contributed by atoms with Crippen LogP contribution >= 0.6 is 0 Å². The van der Waals surface area contributed by atoms with Crippen LogP contribution in [0.3, 0.4) is 0 Å². The van der Waals surface area contributed by atoms with Crippen molar-refractivity contribution in [1.82, 2.24) is 0 Å². The van der Waals surface area contributed by atoms with Crippen LogP contribution in [-0.2, 0) is 10.4 Å². The standard InChI is InChI=1S/K.Mg.HNO3.Na.H2O4S.H2O/c;;2-1(3)4;;1-5(2,3)4;/h;;(H,2,3,4);;(H2,1,2,3,4);1H2/q+1;+2;;+1;;. The second kappa shape index (κ2) is 19.9. The molecule has 64 valence electrons. The van der Waals surface area contributed by atoms with Crippen LogP contribution in [0.2, 0.25) is 0 Å². The zero-order valence-corrected chi connectivity index (χ0v) is 14.4. The smallest absolute Gasteiger partial charge is 0.412 e. The van der Waals surface area contributed by atoms with Crippen molar-refractivity contribution in [3.8, 4) is 0 Å². The van der Waals surface area contributed by atoms with Gasteiger partial charge in [0, 0.05) is 0 Å². The fourth-order valence-corrected chi connectivity index (χ4v) is 0. The van der Waals surface area contributed by atoms with Crippen molar-refractivity contribution in [3.05, 3.63) is 10.1 Å². The molecule has 0 spiro atoms. The predicted molar refractivity (Wildman–Crippen MR) is 32.3 cm³/mol. The van der Waals surface area contributed by atoms with Crippen LogP contribution in [0.15, 0.2) is 0 Å². The van der Waals surface area contributed by atoms with Crippen molar-refractivity contribution in [3.63, 3.8) is 0 Å². The van der Waals surface area contributed by atoms with Gasteiger partial charge in [0.15, 0.2) is 0 Å². The summed E-state index contributed by atoms with van der Waals surface area (Å²) in [5, 5.41) is 13.6. The predicted octanol–water partition coefficient (Wildman–Crippen LogP) is -8.20. The molecule has 0 aliphatic heterocycles. The number of rotatable bonds is 0. The fourth-order valence-electron chi connectivity index (χ4n) is 0. The van der Waals surface area contributed by atoms with Crippen LogP contribution in [0.4, 0.5) is 0 Å². The van der Waals surface area contributed by atoms with E-state index in [2.05, 4.69) is 0 Å². The quantitative estimate of drug-likeness (QED) is 0.169. The second-order valence-electron chi connectivity index (χ2n) is 0.686. The van der Waals surface area contributed by atoms with Gasteiger partial charge in [-0.25, -0.2) is 0 Å². The molecule has 0 aromatic carbocycles. The Morgan fingerprint density at radius 2 is 1.23 bits per heavy atom. The van der Waals surface area contributed by atoms with Crippen LogP contribution in [0.25, 0.3) is 0 Å². The van der Waals surface area contributed by atoms with Gasteiger partial charge in [0.2, 0.25) is 0 Å². The molecular formula is H5KMgNNaO8S+4. The van der Waals surface area contributed by atoms with Gasteiger partial charge in [-0.3, -0.25) is 9.11 Å². The summed E-state index contributed by atoms with van der Waals surface area (Å²) in [6.45, 7) is 0. The summed E-state index contributed by atoms with van der Waals surface area (Å²) in [5.41, 5.74) is 0. The summed E-state index contributed by atoms with van der Waals surface area (Å²) < 4.78 is 31.6. The van der Waals surface area contributed by atoms with E-state index in [0.29, 0.717) is 0 Å². The van der Waals surface area contributed by atoms with E-state index < -0.39 is 15.5 Å². The first kappa shape index (κ1) is 36.1. The van der Waals surface area contributed by atoms with Gasteiger partial charge in [0.1, 0.15) is 0 Å². The fraction of sp³-hybridized carbons (Fsp3) is 0. The SMILES string of the molecule is O.O=S(=O)(O)O.O=[N+]([O-])O.[K+].[Mg+2].[Na+]. The average Bonchev–Trinajstić information content (AvgIpc) is 1.19. The first-order valence-corrected chi connectivity index (χ1v) is 2.66. The molecule has 0 aliphatic rings. The maximum Gasteiger partial charge on any atom is 2.00 e. The third-order valence-electron chi connectivity index (χ3n) is 0. The van der Waals surface area contributed by atoms with Crippen molar-refractivity contribution in [2.24, 2.45) is 0 Å². The van der Waals surface area contributed by atoms with Crippen LogP contribution in [0.1, 0.15) is 0 Å². The second-order valence-corrected chi connectivity index (χ2v) is 1.58. The minimum atomic E-state index is -4.67. The Labute approximate surface area is 154 Å². The maximum absolute atomic E-state index is 8.74. The van der Waals surface area contributed by atoms with E-state index in [4.69, 9.17) is 32.8 Å². The normalized spacial score (nSPS) is 6.31. The minimum absolute atomic E-state index is 0. The maximum atomic E-state index is 8.74. The zero-order chi connectivity index (χ0) is 8.08. The molecule has 13 heavy (non-hydrogen) atoms. The Balaban J connectivity index is -0.0000000146. The summed E-state index contributed by atoms with van der Waals surface area (Å²) in [5.74, 6) is 0. The summed E-state index contributed by atoms with van der Waals surface area (Å²) in [6, 6.07) is 0. The van der Waals surface area contributed by atoms with Crippen molar-refractivity contribution < 1.29 is 114 Å². The molecule has 5 N–H and O–H groups in total. The molecule has 0 amide bonds. The van der Waals surface area contributed by atoms with Crippen molar-refractivity contribution in [2.75, 3.05) is 0 Å². The van der Waals surface area contributed by atoms with Crippen LogP contribution in [0.5, 0.6) is 0 Å². The Kier molecular flexibility index (Phi) is 55.4. The number of hydrogen-bond acceptors (Lipinski definition) is 4. The van der Waals surface area contributed by atoms with Crippen molar-refractivity contribution in [2.45, 2.75) is 0 Å². The number of hydrogen-bond donors (Lipinski definition) is 3. The van der Waals surface area contributed by atoms with E-state index >= 15 is 0 Å². The Hall–Kier alpha value is 2.43. The van der Waals surface area contributed by atoms with Crippen LogP contribution < -0.4 is 80.9 Å². The van der Waals surface area contributed by atoms with Gasteiger partial charge in [0.25, 0.3) is 5.09 Å². The van der Waals surface area contributed by atoms with Crippen LogP contribution in [-0.4, -0.2) is 56.3 Å². The first-order chi connectivity index (χ1) is 3.73. The topological polar surface area (TPSA) is 169 Å². The first-order valence-electron chi connectivity index (χ1n) is 1.26. The van der Waals surface area contributed by atoms with Gasteiger partial charge in [-0.1, -0.05) is 0 Å². The Morgan fingerprint density at radius 1 is 1.23 bits per heavy atom. The molecule has 0 unspecified atom stereocenters. The molecule has 0 aromatic rings. The molecule has 0 bridgehead atoms.